The highest BCUT2D eigenvalue weighted by atomic mass is 16.5. The van der Waals surface area contributed by atoms with E-state index >= 15 is 0 Å². The highest BCUT2D eigenvalue weighted by Crippen LogP contribution is 2.25. The maximum Gasteiger partial charge on any atom is 0.253 e. The van der Waals surface area contributed by atoms with Crippen LogP contribution in [0.25, 0.3) is 0 Å². The Morgan fingerprint density at radius 3 is 2.26 bits per heavy atom. The zero-order chi connectivity index (χ0) is 24.8. The number of nitrogens with zero attached hydrogens (tertiary/aromatic N) is 3. The van der Waals surface area contributed by atoms with Gasteiger partial charge in [-0.3, -0.25) is 14.4 Å². The summed E-state index contributed by atoms with van der Waals surface area (Å²) in [6, 6.07) is 16.5. The Morgan fingerprint density at radius 2 is 1.57 bits per heavy atom. The number of piperidine rings is 2. The standard InChI is InChI=1S/C27H30N4O4/c28-17-22-4-1-2-5-23(22)18-35-24-7-3-6-21(16-24)27(34)31-14-10-20(11-15-31)26(33)30-12-8-19(9-13-30)25(29)32/h1-7,16,19-20H,8-15,18H2,(H2,29,32). The number of carbonyl (C=O) groups excluding carboxylic acids is 3. The molecule has 0 atom stereocenters. The number of hydrogen-bond donors (Lipinski definition) is 1. The third-order valence-electron chi connectivity index (χ3n) is 6.95. The number of rotatable bonds is 6. The van der Waals surface area contributed by atoms with E-state index in [1.54, 1.807) is 35.2 Å². The zero-order valence-corrected chi connectivity index (χ0v) is 19.7. The van der Waals surface area contributed by atoms with Crippen LogP contribution in [0.3, 0.4) is 0 Å². The Kier molecular flexibility index (Phi) is 7.66. The van der Waals surface area contributed by atoms with Crippen LogP contribution in [0.5, 0.6) is 5.75 Å². The fourth-order valence-electron chi connectivity index (χ4n) is 4.79. The fraction of sp³-hybridized carbons (Fsp3) is 0.407. The van der Waals surface area contributed by atoms with Crippen LogP contribution in [-0.2, 0) is 16.2 Å². The second-order valence-corrected chi connectivity index (χ2v) is 9.15. The van der Waals surface area contributed by atoms with E-state index in [2.05, 4.69) is 6.07 Å². The summed E-state index contributed by atoms with van der Waals surface area (Å²) in [6.07, 6.45) is 2.50. The summed E-state index contributed by atoms with van der Waals surface area (Å²) in [4.78, 5) is 41.0. The molecular formula is C27H30N4O4. The first-order valence-corrected chi connectivity index (χ1v) is 12.0. The van der Waals surface area contributed by atoms with Crippen LogP contribution >= 0.6 is 0 Å². The first-order valence-electron chi connectivity index (χ1n) is 12.0. The molecule has 2 N–H and O–H groups in total. The Morgan fingerprint density at radius 1 is 0.914 bits per heavy atom. The van der Waals surface area contributed by atoms with E-state index in [0.29, 0.717) is 68.7 Å². The number of likely N-dealkylation sites (tertiary alicyclic amines) is 2. The van der Waals surface area contributed by atoms with Gasteiger partial charge in [0, 0.05) is 49.1 Å². The van der Waals surface area contributed by atoms with Crippen LogP contribution < -0.4 is 10.5 Å². The average Bonchev–Trinajstić information content (AvgIpc) is 2.91. The molecule has 8 heteroatoms. The van der Waals surface area contributed by atoms with E-state index in [0.717, 1.165) is 5.56 Å². The molecule has 0 saturated carbocycles. The van der Waals surface area contributed by atoms with Crippen molar-refractivity contribution in [3.63, 3.8) is 0 Å². The second kappa shape index (κ2) is 11.0. The van der Waals surface area contributed by atoms with Gasteiger partial charge in [-0.15, -0.1) is 0 Å². The van der Waals surface area contributed by atoms with Gasteiger partial charge < -0.3 is 20.3 Å². The van der Waals surface area contributed by atoms with Crippen molar-refractivity contribution >= 4 is 17.7 Å². The van der Waals surface area contributed by atoms with Crippen molar-refractivity contribution in [2.75, 3.05) is 26.2 Å². The molecule has 0 unspecified atom stereocenters. The largest absolute Gasteiger partial charge is 0.489 e. The first-order chi connectivity index (χ1) is 17.0. The predicted molar refractivity (Wildman–Crippen MR) is 129 cm³/mol. The lowest BCUT2D eigenvalue weighted by Crippen LogP contribution is -2.47. The number of carbonyl (C=O) groups is 3. The van der Waals surface area contributed by atoms with Crippen LogP contribution in [0.4, 0.5) is 0 Å². The Bertz CT molecular complexity index is 1130. The molecule has 2 aliphatic heterocycles. The Hall–Kier alpha value is -3.86. The molecule has 4 rings (SSSR count). The van der Waals surface area contributed by atoms with E-state index in [1.165, 1.54) is 0 Å². The van der Waals surface area contributed by atoms with Gasteiger partial charge in [-0.2, -0.15) is 5.26 Å². The van der Waals surface area contributed by atoms with Crippen molar-refractivity contribution in [3.05, 3.63) is 65.2 Å². The Labute approximate surface area is 205 Å². The monoisotopic (exact) mass is 474 g/mol. The maximum atomic E-state index is 13.1. The van der Waals surface area contributed by atoms with Crippen LogP contribution in [0.15, 0.2) is 48.5 Å². The Balaban J connectivity index is 1.29. The van der Waals surface area contributed by atoms with Crippen molar-refractivity contribution in [2.24, 2.45) is 17.6 Å². The maximum absolute atomic E-state index is 13.1. The summed E-state index contributed by atoms with van der Waals surface area (Å²) in [7, 11) is 0. The summed E-state index contributed by atoms with van der Waals surface area (Å²) in [5, 5.41) is 9.24. The van der Waals surface area contributed by atoms with Crippen molar-refractivity contribution < 1.29 is 19.1 Å². The molecule has 3 amide bonds. The third kappa shape index (κ3) is 5.80. The van der Waals surface area contributed by atoms with Crippen molar-refractivity contribution in [1.82, 2.24) is 9.80 Å². The number of nitrogens with two attached hydrogens (primary N) is 1. The van der Waals surface area contributed by atoms with Gasteiger partial charge in [-0.1, -0.05) is 24.3 Å². The van der Waals surface area contributed by atoms with Gasteiger partial charge in [0.05, 0.1) is 11.6 Å². The lowest BCUT2D eigenvalue weighted by molar-refractivity contribution is -0.139. The van der Waals surface area contributed by atoms with E-state index in [1.807, 2.05) is 23.1 Å². The predicted octanol–water partition coefficient (Wildman–Crippen LogP) is 2.71. The molecular weight excluding hydrogens is 444 g/mol. The number of primary amides is 1. The van der Waals surface area contributed by atoms with Gasteiger partial charge in [0.25, 0.3) is 5.91 Å². The van der Waals surface area contributed by atoms with Crippen molar-refractivity contribution in [2.45, 2.75) is 32.3 Å². The van der Waals surface area contributed by atoms with Crippen LogP contribution in [0, 0.1) is 23.2 Å². The number of nitriles is 1. The molecule has 8 nitrogen and oxygen atoms in total. The quantitative estimate of drug-likeness (QED) is 0.691. The lowest BCUT2D eigenvalue weighted by Gasteiger charge is -2.36. The highest BCUT2D eigenvalue weighted by Gasteiger charge is 2.33. The molecule has 0 spiro atoms. The summed E-state index contributed by atoms with van der Waals surface area (Å²) in [5.41, 5.74) is 7.28. The van der Waals surface area contributed by atoms with E-state index in [9.17, 15) is 19.6 Å². The fourth-order valence-corrected chi connectivity index (χ4v) is 4.79. The zero-order valence-electron chi connectivity index (χ0n) is 19.7. The minimum absolute atomic E-state index is 0.0824. The molecule has 2 saturated heterocycles. The summed E-state index contributed by atoms with van der Waals surface area (Å²) < 4.78 is 5.85. The van der Waals surface area contributed by atoms with Crippen molar-refractivity contribution in [1.29, 1.82) is 5.26 Å². The molecule has 0 aliphatic carbocycles. The van der Waals surface area contributed by atoms with Gasteiger partial charge in [0.1, 0.15) is 12.4 Å². The van der Waals surface area contributed by atoms with Crippen LogP contribution in [-0.4, -0.2) is 53.7 Å². The number of ether oxygens (including phenoxy) is 1. The number of amides is 3. The molecule has 35 heavy (non-hydrogen) atoms. The molecule has 2 aliphatic rings. The molecule has 182 valence electrons. The minimum Gasteiger partial charge on any atom is -0.489 e. The molecule has 0 aromatic heterocycles. The molecule has 2 aromatic rings. The third-order valence-corrected chi connectivity index (χ3v) is 6.95. The highest BCUT2D eigenvalue weighted by molar-refractivity contribution is 5.94. The SMILES string of the molecule is N#Cc1ccccc1COc1cccc(C(=O)N2CCC(C(=O)N3CCC(C(N)=O)CC3)CC2)c1. The minimum atomic E-state index is -0.287. The normalized spacial score (nSPS) is 17.0. The molecule has 2 aromatic carbocycles. The van der Waals surface area contributed by atoms with E-state index in [-0.39, 0.29) is 36.2 Å². The smallest absolute Gasteiger partial charge is 0.253 e. The second-order valence-electron chi connectivity index (χ2n) is 9.15. The number of benzene rings is 2. The van der Waals surface area contributed by atoms with E-state index in [4.69, 9.17) is 10.5 Å². The summed E-state index contributed by atoms with van der Waals surface area (Å²) in [5.74, 6) is 0.0749. The molecule has 0 bridgehead atoms. The first kappa shape index (κ1) is 24.3. The molecule has 2 heterocycles. The summed E-state index contributed by atoms with van der Waals surface area (Å²) >= 11 is 0. The van der Waals surface area contributed by atoms with Gasteiger partial charge in [0.15, 0.2) is 0 Å². The van der Waals surface area contributed by atoms with Crippen molar-refractivity contribution in [3.8, 4) is 11.8 Å². The lowest BCUT2D eigenvalue weighted by atomic mass is 9.91. The number of hydrogen-bond acceptors (Lipinski definition) is 5. The summed E-state index contributed by atoms with van der Waals surface area (Å²) in [6.45, 7) is 2.42. The van der Waals surface area contributed by atoms with Crippen LogP contribution in [0.1, 0.15) is 47.2 Å². The van der Waals surface area contributed by atoms with Gasteiger partial charge in [0.2, 0.25) is 11.8 Å². The van der Waals surface area contributed by atoms with Gasteiger partial charge >= 0.3 is 0 Å². The van der Waals surface area contributed by atoms with E-state index < -0.39 is 0 Å². The van der Waals surface area contributed by atoms with Gasteiger partial charge in [-0.05, 0) is 49.9 Å². The van der Waals surface area contributed by atoms with Crippen LogP contribution in [0.2, 0.25) is 0 Å². The molecule has 0 radical (unpaired) electrons. The van der Waals surface area contributed by atoms with Gasteiger partial charge in [-0.25, -0.2) is 0 Å². The topological polar surface area (TPSA) is 117 Å². The average molecular weight is 475 g/mol. The molecule has 2 fully saturated rings.